The van der Waals surface area contributed by atoms with Crippen LogP contribution >= 0.6 is 15.9 Å². The Bertz CT molecular complexity index is 410. The van der Waals surface area contributed by atoms with E-state index in [-0.39, 0.29) is 11.2 Å². The molecule has 0 amide bonds. The number of hydrogen-bond acceptors (Lipinski definition) is 3. The number of methoxy groups -OCH3 is 1. The van der Waals surface area contributed by atoms with Crippen LogP contribution in [-0.2, 0) is 4.74 Å². The molecule has 0 saturated carbocycles. The maximum atomic E-state index is 13.4. The highest BCUT2D eigenvalue weighted by atomic mass is 79.9. The molecule has 0 saturated heterocycles. The fourth-order valence-corrected chi connectivity index (χ4v) is 1.88. The Hall–Kier alpha value is -0.810. The summed E-state index contributed by atoms with van der Waals surface area (Å²) in [5.74, 6) is -0.318. The zero-order valence-corrected chi connectivity index (χ0v) is 12.6. The molecule has 102 valence electrons. The molecule has 0 unspecified atom stereocenters. The van der Waals surface area contributed by atoms with Gasteiger partial charge in [-0.25, -0.2) is 4.39 Å². The van der Waals surface area contributed by atoms with Crippen LogP contribution < -0.4 is 11.1 Å². The molecule has 0 radical (unpaired) electrons. The van der Waals surface area contributed by atoms with E-state index in [1.54, 1.807) is 13.2 Å². The Kier molecular flexibility index (Phi) is 5.41. The average Bonchev–Trinajstić information content (AvgIpc) is 2.30. The standard InChI is InChI=1S/C13H20BrFN2O/c1-13(2,4-5-18-3)8-17-12-7-10(15)9(14)6-11(12)16/h6-7,17H,4-5,8,16H2,1-3H3. The molecule has 5 heteroatoms. The third kappa shape index (κ3) is 4.46. The van der Waals surface area contributed by atoms with Crippen molar-refractivity contribution < 1.29 is 9.13 Å². The minimum atomic E-state index is -0.318. The monoisotopic (exact) mass is 318 g/mol. The summed E-state index contributed by atoms with van der Waals surface area (Å²) in [6, 6.07) is 2.98. The van der Waals surface area contributed by atoms with E-state index < -0.39 is 0 Å². The summed E-state index contributed by atoms with van der Waals surface area (Å²) in [6.07, 6.45) is 0.926. The highest BCUT2D eigenvalue weighted by Crippen LogP contribution is 2.28. The molecule has 18 heavy (non-hydrogen) atoms. The zero-order valence-electron chi connectivity index (χ0n) is 11.0. The van der Waals surface area contributed by atoms with Crippen molar-refractivity contribution in [1.82, 2.24) is 0 Å². The van der Waals surface area contributed by atoms with Crippen molar-refractivity contribution in [3.63, 3.8) is 0 Å². The van der Waals surface area contributed by atoms with E-state index in [0.29, 0.717) is 29.0 Å². The lowest BCUT2D eigenvalue weighted by atomic mass is 9.89. The molecule has 3 nitrogen and oxygen atoms in total. The van der Waals surface area contributed by atoms with Gasteiger partial charge in [-0.3, -0.25) is 0 Å². The Morgan fingerprint density at radius 2 is 2.11 bits per heavy atom. The lowest BCUT2D eigenvalue weighted by molar-refractivity contribution is 0.157. The molecule has 1 aromatic carbocycles. The predicted molar refractivity (Wildman–Crippen MR) is 77.3 cm³/mol. The molecule has 0 aliphatic carbocycles. The van der Waals surface area contributed by atoms with E-state index in [9.17, 15) is 4.39 Å². The number of hydrogen-bond donors (Lipinski definition) is 2. The molecule has 0 aliphatic heterocycles. The summed E-state index contributed by atoms with van der Waals surface area (Å²) in [6.45, 7) is 5.68. The summed E-state index contributed by atoms with van der Waals surface area (Å²) in [4.78, 5) is 0. The van der Waals surface area contributed by atoms with Crippen molar-refractivity contribution in [2.24, 2.45) is 5.41 Å². The minimum Gasteiger partial charge on any atom is -0.397 e. The number of nitrogens with one attached hydrogen (secondary N) is 1. The van der Waals surface area contributed by atoms with Crippen LogP contribution in [0, 0.1) is 11.2 Å². The molecule has 0 fully saturated rings. The van der Waals surface area contributed by atoms with Crippen LogP contribution in [-0.4, -0.2) is 20.3 Å². The second kappa shape index (κ2) is 6.38. The molecule has 3 N–H and O–H groups in total. The van der Waals surface area contributed by atoms with Gasteiger partial charge in [-0.1, -0.05) is 13.8 Å². The van der Waals surface area contributed by atoms with Gasteiger partial charge in [-0.15, -0.1) is 0 Å². The van der Waals surface area contributed by atoms with Crippen molar-refractivity contribution in [2.75, 3.05) is 31.3 Å². The van der Waals surface area contributed by atoms with Crippen molar-refractivity contribution in [3.8, 4) is 0 Å². The van der Waals surface area contributed by atoms with Gasteiger partial charge in [0.15, 0.2) is 0 Å². The maximum absolute atomic E-state index is 13.4. The first kappa shape index (κ1) is 15.2. The largest absolute Gasteiger partial charge is 0.397 e. The van der Waals surface area contributed by atoms with Crippen LogP contribution in [0.5, 0.6) is 0 Å². The Morgan fingerprint density at radius 1 is 1.44 bits per heavy atom. The first-order valence-corrected chi connectivity index (χ1v) is 6.62. The van der Waals surface area contributed by atoms with E-state index >= 15 is 0 Å². The van der Waals surface area contributed by atoms with Gasteiger partial charge in [0.05, 0.1) is 15.8 Å². The van der Waals surface area contributed by atoms with E-state index in [2.05, 4.69) is 35.1 Å². The first-order chi connectivity index (χ1) is 8.35. The number of ether oxygens (including phenoxy) is 1. The Labute approximate surface area is 116 Å². The molecule has 0 aromatic heterocycles. The van der Waals surface area contributed by atoms with E-state index in [4.69, 9.17) is 10.5 Å². The highest BCUT2D eigenvalue weighted by molar-refractivity contribution is 9.10. The molecule has 0 atom stereocenters. The van der Waals surface area contributed by atoms with Crippen LogP contribution in [0.4, 0.5) is 15.8 Å². The molecular formula is C13H20BrFN2O. The SMILES string of the molecule is COCCC(C)(C)CNc1cc(F)c(Br)cc1N. The van der Waals surface area contributed by atoms with Crippen LogP contribution in [0.3, 0.4) is 0 Å². The smallest absolute Gasteiger partial charge is 0.139 e. The number of anilines is 2. The lowest BCUT2D eigenvalue weighted by Crippen LogP contribution is -2.25. The van der Waals surface area contributed by atoms with E-state index in [1.165, 1.54) is 6.07 Å². The molecule has 0 bridgehead atoms. The Balaban J connectivity index is 2.66. The van der Waals surface area contributed by atoms with Crippen LogP contribution in [0.1, 0.15) is 20.3 Å². The van der Waals surface area contributed by atoms with Crippen LogP contribution in [0.15, 0.2) is 16.6 Å². The lowest BCUT2D eigenvalue weighted by Gasteiger charge is -2.25. The van der Waals surface area contributed by atoms with Gasteiger partial charge in [0, 0.05) is 26.3 Å². The predicted octanol–water partition coefficient (Wildman–Crippen LogP) is 3.65. The van der Waals surface area contributed by atoms with Gasteiger partial charge in [-0.2, -0.15) is 0 Å². The van der Waals surface area contributed by atoms with Crippen molar-refractivity contribution in [1.29, 1.82) is 0 Å². The van der Waals surface area contributed by atoms with Gasteiger partial charge in [0.2, 0.25) is 0 Å². The second-order valence-electron chi connectivity index (χ2n) is 5.11. The normalized spacial score (nSPS) is 11.6. The summed E-state index contributed by atoms with van der Waals surface area (Å²) >= 11 is 3.11. The average molecular weight is 319 g/mol. The number of rotatable bonds is 6. The summed E-state index contributed by atoms with van der Waals surface area (Å²) in [7, 11) is 1.69. The molecule has 0 heterocycles. The highest BCUT2D eigenvalue weighted by Gasteiger charge is 2.18. The van der Waals surface area contributed by atoms with Gasteiger partial charge < -0.3 is 15.8 Å². The van der Waals surface area contributed by atoms with E-state index in [0.717, 1.165) is 6.42 Å². The summed E-state index contributed by atoms with van der Waals surface area (Å²) < 4.78 is 18.9. The van der Waals surface area contributed by atoms with Gasteiger partial charge in [-0.05, 0) is 33.8 Å². The summed E-state index contributed by atoms with van der Waals surface area (Å²) in [5.41, 5.74) is 7.06. The number of nitrogens with two attached hydrogens (primary N) is 1. The zero-order chi connectivity index (χ0) is 13.8. The third-order valence-corrected chi connectivity index (χ3v) is 3.44. The molecule has 1 aromatic rings. The van der Waals surface area contributed by atoms with Crippen molar-refractivity contribution >= 4 is 27.3 Å². The molecule has 0 aliphatic rings. The van der Waals surface area contributed by atoms with Gasteiger partial charge >= 0.3 is 0 Å². The fraction of sp³-hybridized carbons (Fsp3) is 0.538. The number of halogens is 2. The minimum absolute atomic E-state index is 0.0615. The Morgan fingerprint density at radius 3 is 2.72 bits per heavy atom. The molecule has 0 spiro atoms. The number of nitrogen functional groups attached to an aromatic ring is 1. The number of benzene rings is 1. The van der Waals surface area contributed by atoms with Gasteiger partial charge in [0.25, 0.3) is 0 Å². The van der Waals surface area contributed by atoms with Crippen LogP contribution in [0.2, 0.25) is 0 Å². The first-order valence-electron chi connectivity index (χ1n) is 5.83. The molecule has 1 rings (SSSR count). The third-order valence-electron chi connectivity index (χ3n) is 2.83. The van der Waals surface area contributed by atoms with Crippen molar-refractivity contribution in [2.45, 2.75) is 20.3 Å². The summed E-state index contributed by atoms with van der Waals surface area (Å²) in [5, 5.41) is 3.19. The topological polar surface area (TPSA) is 47.3 Å². The maximum Gasteiger partial charge on any atom is 0.139 e. The van der Waals surface area contributed by atoms with Crippen LogP contribution in [0.25, 0.3) is 0 Å². The second-order valence-corrected chi connectivity index (χ2v) is 5.97. The quantitative estimate of drug-likeness (QED) is 0.787. The molecular weight excluding hydrogens is 299 g/mol. The van der Waals surface area contributed by atoms with Crippen molar-refractivity contribution in [3.05, 3.63) is 22.4 Å². The fourth-order valence-electron chi connectivity index (χ4n) is 1.52. The van der Waals surface area contributed by atoms with E-state index in [1.807, 2.05) is 0 Å². The van der Waals surface area contributed by atoms with Gasteiger partial charge in [0.1, 0.15) is 5.82 Å².